The SMILES string of the molecule is [CH2]CCC(=O)Nc1cc(OC)c(OC)c(OC)c1. The standard InChI is InChI=1S/C13H18NO4/c1-5-6-12(15)14-9-7-10(16-2)13(18-4)11(8-9)17-3/h7-8H,1,5-6H2,2-4H3,(H,14,15). The lowest BCUT2D eigenvalue weighted by molar-refractivity contribution is -0.116. The molecule has 0 spiro atoms. The molecule has 18 heavy (non-hydrogen) atoms. The fourth-order valence-corrected chi connectivity index (χ4v) is 1.54. The topological polar surface area (TPSA) is 56.8 Å². The largest absolute Gasteiger partial charge is 0.493 e. The van der Waals surface area contributed by atoms with Crippen LogP contribution in [-0.4, -0.2) is 27.2 Å². The fraction of sp³-hybridized carbons (Fsp3) is 0.385. The third-order valence-electron chi connectivity index (χ3n) is 2.35. The van der Waals surface area contributed by atoms with Crippen LogP contribution in [0.2, 0.25) is 0 Å². The molecule has 0 saturated carbocycles. The molecule has 0 bridgehead atoms. The second kappa shape index (κ2) is 6.74. The van der Waals surface area contributed by atoms with Crippen molar-refractivity contribution < 1.29 is 19.0 Å². The monoisotopic (exact) mass is 252 g/mol. The molecule has 1 amide bonds. The van der Waals surface area contributed by atoms with Crippen LogP contribution in [0, 0.1) is 6.92 Å². The van der Waals surface area contributed by atoms with E-state index in [-0.39, 0.29) is 5.91 Å². The maximum atomic E-state index is 11.5. The van der Waals surface area contributed by atoms with E-state index in [0.29, 0.717) is 35.8 Å². The third kappa shape index (κ3) is 3.29. The van der Waals surface area contributed by atoms with Gasteiger partial charge in [-0.2, -0.15) is 0 Å². The van der Waals surface area contributed by atoms with Crippen LogP contribution >= 0.6 is 0 Å². The van der Waals surface area contributed by atoms with Gasteiger partial charge >= 0.3 is 0 Å². The van der Waals surface area contributed by atoms with Crippen molar-refractivity contribution in [1.82, 2.24) is 0 Å². The second-order valence-corrected chi connectivity index (χ2v) is 3.57. The number of nitrogens with one attached hydrogen (secondary N) is 1. The minimum atomic E-state index is -0.0979. The van der Waals surface area contributed by atoms with E-state index in [4.69, 9.17) is 14.2 Å². The highest BCUT2D eigenvalue weighted by Crippen LogP contribution is 2.39. The molecule has 1 radical (unpaired) electrons. The summed E-state index contributed by atoms with van der Waals surface area (Å²) >= 11 is 0. The van der Waals surface area contributed by atoms with Crippen LogP contribution in [-0.2, 0) is 4.79 Å². The van der Waals surface area contributed by atoms with Gasteiger partial charge < -0.3 is 19.5 Å². The van der Waals surface area contributed by atoms with Crippen LogP contribution in [0.4, 0.5) is 5.69 Å². The molecule has 1 rings (SSSR count). The van der Waals surface area contributed by atoms with Gasteiger partial charge in [-0.05, 0) is 6.42 Å². The van der Waals surface area contributed by atoms with Gasteiger partial charge in [0.2, 0.25) is 11.7 Å². The molecule has 0 aliphatic rings. The third-order valence-corrected chi connectivity index (χ3v) is 2.35. The van der Waals surface area contributed by atoms with Gasteiger partial charge in [0, 0.05) is 24.2 Å². The van der Waals surface area contributed by atoms with Gasteiger partial charge in [-0.3, -0.25) is 4.79 Å². The smallest absolute Gasteiger partial charge is 0.224 e. The van der Waals surface area contributed by atoms with Crippen molar-refractivity contribution in [3.05, 3.63) is 19.1 Å². The summed E-state index contributed by atoms with van der Waals surface area (Å²) < 4.78 is 15.6. The first-order valence-corrected chi connectivity index (χ1v) is 5.55. The molecule has 1 aromatic carbocycles. The molecule has 0 aliphatic heterocycles. The molecule has 0 aliphatic carbocycles. The number of methoxy groups -OCH3 is 3. The maximum absolute atomic E-state index is 11.5. The molecule has 1 aromatic rings. The van der Waals surface area contributed by atoms with Crippen LogP contribution in [0.15, 0.2) is 12.1 Å². The van der Waals surface area contributed by atoms with Crippen molar-refractivity contribution in [3.63, 3.8) is 0 Å². The zero-order chi connectivity index (χ0) is 13.5. The van der Waals surface area contributed by atoms with Gasteiger partial charge in [0.25, 0.3) is 0 Å². The van der Waals surface area contributed by atoms with Gasteiger partial charge in [-0.25, -0.2) is 0 Å². The fourth-order valence-electron chi connectivity index (χ4n) is 1.54. The highest BCUT2D eigenvalue weighted by molar-refractivity contribution is 5.91. The summed E-state index contributed by atoms with van der Waals surface area (Å²) in [5, 5.41) is 2.75. The van der Waals surface area contributed by atoms with Crippen LogP contribution in [0.3, 0.4) is 0 Å². The first kappa shape index (κ1) is 14.2. The van der Waals surface area contributed by atoms with Crippen molar-refractivity contribution >= 4 is 11.6 Å². The number of hydrogen-bond acceptors (Lipinski definition) is 4. The van der Waals surface area contributed by atoms with Crippen LogP contribution in [0.1, 0.15) is 12.8 Å². The summed E-state index contributed by atoms with van der Waals surface area (Å²) in [5.74, 6) is 1.40. The number of carbonyl (C=O) groups excluding carboxylic acids is 1. The summed E-state index contributed by atoms with van der Waals surface area (Å²) in [5.41, 5.74) is 0.600. The Bertz CT molecular complexity index is 392. The lowest BCUT2D eigenvalue weighted by Crippen LogP contribution is -2.11. The molecule has 0 unspecified atom stereocenters. The number of ether oxygens (including phenoxy) is 3. The van der Waals surface area contributed by atoms with Gasteiger partial charge in [-0.1, -0.05) is 6.92 Å². The minimum absolute atomic E-state index is 0.0979. The van der Waals surface area contributed by atoms with Crippen molar-refractivity contribution in [1.29, 1.82) is 0 Å². The molecular formula is C13H18NO4. The lowest BCUT2D eigenvalue weighted by Gasteiger charge is -2.14. The Labute approximate surface area is 107 Å². The average molecular weight is 252 g/mol. The van der Waals surface area contributed by atoms with E-state index in [1.807, 2.05) is 0 Å². The van der Waals surface area contributed by atoms with E-state index in [9.17, 15) is 4.79 Å². The summed E-state index contributed by atoms with van der Waals surface area (Å²) in [6, 6.07) is 3.37. The van der Waals surface area contributed by atoms with Crippen molar-refractivity contribution in [2.24, 2.45) is 0 Å². The normalized spacial score (nSPS) is 9.78. The lowest BCUT2D eigenvalue weighted by atomic mass is 10.2. The van der Waals surface area contributed by atoms with E-state index in [1.54, 1.807) is 12.1 Å². The summed E-state index contributed by atoms with van der Waals surface area (Å²) in [6.45, 7) is 3.63. The first-order chi connectivity index (χ1) is 8.65. The molecule has 0 atom stereocenters. The summed E-state index contributed by atoms with van der Waals surface area (Å²) in [4.78, 5) is 11.5. The van der Waals surface area contributed by atoms with Gasteiger partial charge in [0.15, 0.2) is 11.5 Å². The number of hydrogen-bond donors (Lipinski definition) is 1. The molecule has 1 N–H and O–H groups in total. The highest BCUT2D eigenvalue weighted by Gasteiger charge is 2.14. The Morgan fingerprint density at radius 3 is 2.11 bits per heavy atom. The quantitative estimate of drug-likeness (QED) is 0.843. The molecule has 0 heterocycles. The van der Waals surface area contributed by atoms with Crippen LogP contribution in [0.5, 0.6) is 17.2 Å². The molecular weight excluding hydrogens is 234 g/mol. The molecule has 5 nitrogen and oxygen atoms in total. The molecule has 99 valence electrons. The summed E-state index contributed by atoms with van der Waals surface area (Å²) in [6.07, 6.45) is 0.924. The first-order valence-electron chi connectivity index (χ1n) is 5.55. The van der Waals surface area contributed by atoms with E-state index in [0.717, 1.165) is 0 Å². The minimum Gasteiger partial charge on any atom is -0.493 e. The summed E-state index contributed by atoms with van der Waals surface area (Å²) in [7, 11) is 4.58. The molecule has 0 fully saturated rings. The average Bonchev–Trinajstić information content (AvgIpc) is 2.37. The number of rotatable bonds is 6. The zero-order valence-corrected chi connectivity index (χ0v) is 10.9. The van der Waals surface area contributed by atoms with E-state index in [1.165, 1.54) is 21.3 Å². The number of anilines is 1. The Balaban J connectivity index is 3.03. The van der Waals surface area contributed by atoms with Crippen molar-refractivity contribution in [2.45, 2.75) is 12.8 Å². The van der Waals surface area contributed by atoms with Gasteiger partial charge in [0.1, 0.15) is 0 Å². The van der Waals surface area contributed by atoms with Crippen molar-refractivity contribution in [2.75, 3.05) is 26.6 Å². The van der Waals surface area contributed by atoms with E-state index < -0.39 is 0 Å². The van der Waals surface area contributed by atoms with Crippen molar-refractivity contribution in [3.8, 4) is 17.2 Å². The zero-order valence-electron chi connectivity index (χ0n) is 10.9. The number of carbonyl (C=O) groups is 1. The Hall–Kier alpha value is -1.91. The Morgan fingerprint density at radius 1 is 1.17 bits per heavy atom. The van der Waals surface area contributed by atoms with E-state index >= 15 is 0 Å². The number of amides is 1. The predicted molar refractivity (Wildman–Crippen MR) is 69.3 cm³/mol. The Morgan fingerprint density at radius 2 is 1.72 bits per heavy atom. The molecule has 0 aromatic heterocycles. The highest BCUT2D eigenvalue weighted by atomic mass is 16.5. The van der Waals surface area contributed by atoms with Gasteiger partial charge in [0.05, 0.1) is 21.3 Å². The van der Waals surface area contributed by atoms with E-state index in [2.05, 4.69) is 12.2 Å². The maximum Gasteiger partial charge on any atom is 0.224 e. The molecule has 5 heteroatoms. The molecule has 0 saturated heterocycles. The predicted octanol–water partition coefficient (Wildman–Crippen LogP) is 2.27. The number of benzene rings is 1. The van der Waals surface area contributed by atoms with Crippen LogP contribution in [0.25, 0.3) is 0 Å². The Kier molecular flexibility index (Phi) is 5.30. The van der Waals surface area contributed by atoms with Gasteiger partial charge in [-0.15, -0.1) is 0 Å². The van der Waals surface area contributed by atoms with Crippen LogP contribution < -0.4 is 19.5 Å². The second-order valence-electron chi connectivity index (χ2n) is 3.57.